The van der Waals surface area contributed by atoms with Crippen molar-refractivity contribution in [3.8, 4) is 0 Å². The van der Waals surface area contributed by atoms with Crippen molar-refractivity contribution in [2.24, 2.45) is 22.7 Å². The Morgan fingerprint density at radius 2 is 1.97 bits per heavy atom. The number of aliphatic hydroxyl groups excluding tert-OH is 1. The van der Waals surface area contributed by atoms with Crippen molar-refractivity contribution in [1.29, 1.82) is 0 Å². The molecule has 178 valence electrons. The van der Waals surface area contributed by atoms with E-state index in [4.69, 9.17) is 21.1 Å². The first-order valence-electron chi connectivity index (χ1n) is 11.3. The van der Waals surface area contributed by atoms with Crippen LogP contribution in [0.15, 0.2) is 11.6 Å². The molecule has 4 rings (SSSR count). The number of rotatable bonds is 4. The van der Waals surface area contributed by atoms with Gasteiger partial charge in [-0.05, 0) is 44.1 Å². The fourth-order valence-electron chi connectivity index (χ4n) is 7.87. The zero-order valence-corrected chi connectivity index (χ0v) is 19.8. The number of aliphatic hydroxyl groups is 1. The van der Waals surface area contributed by atoms with E-state index in [-0.39, 0.29) is 30.4 Å². The first-order valence-corrected chi connectivity index (χ1v) is 11.9. The Morgan fingerprint density at radius 3 is 2.56 bits per heavy atom. The summed E-state index contributed by atoms with van der Waals surface area (Å²) in [5.74, 6) is -2.48. The van der Waals surface area contributed by atoms with Gasteiger partial charge in [0.25, 0.3) is 0 Å². The van der Waals surface area contributed by atoms with E-state index in [1.807, 2.05) is 6.92 Å². The molecule has 0 spiro atoms. The molecule has 1 N–H and O–H groups in total. The van der Waals surface area contributed by atoms with Crippen LogP contribution in [-0.2, 0) is 23.9 Å². The second-order valence-electron chi connectivity index (χ2n) is 10.5. The lowest BCUT2D eigenvalue weighted by Gasteiger charge is -2.63. The summed E-state index contributed by atoms with van der Waals surface area (Å²) >= 11 is 5.98. The zero-order chi connectivity index (χ0) is 23.7. The summed E-state index contributed by atoms with van der Waals surface area (Å²) in [5, 5.41) is 11.4. The number of carbonyl (C=O) groups excluding carboxylic acids is 3. The Kier molecular flexibility index (Phi) is 5.66. The summed E-state index contributed by atoms with van der Waals surface area (Å²) in [4.78, 5) is 37.5. The number of allylic oxidation sites excluding steroid dienone is 1. The third-order valence-corrected chi connectivity index (χ3v) is 9.57. The Hall–Kier alpha value is -1.31. The number of hydrogen-bond donors (Lipinski definition) is 1. The van der Waals surface area contributed by atoms with E-state index in [1.165, 1.54) is 14.0 Å². The van der Waals surface area contributed by atoms with Gasteiger partial charge in [0.1, 0.15) is 11.8 Å². The van der Waals surface area contributed by atoms with Crippen molar-refractivity contribution in [3.63, 3.8) is 0 Å². The molecule has 0 bridgehead atoms. The normalized spacial score (nSPS) is 47.7. The number of ether oxygens (including phenoxy) is 2. The van der Waals surface area contributed by atoms with Crippen LogP contribution < -0.4 is 0 Å². The van der Waals surface area contributed by atoms with Crippen molar-refractivity contribution in [3.05, 3.63) is 11.6 Å². The van der Waals surface area contributed by atoms with E-state index in [1.54, 1.807) is 13.0 Å². The maximum atomic E-state index is 17.2. The Labute approximate surface area is 192 Å². The number of ketones is 2. The molecule has 0 aliphatic heterocycles. The SMILES string of the molecule is CO[C@@H]1C[C@H]2[C@@H]3CCC4=CC(=O)CC[C@]4(C)[C@@]3(F)[C@@H](O)C[C@]2(C)[C@@]1(OC(C)=O)C(=O)CCl. The molecule has 32 heavy (non-hydrogen) atoms. The third-order valence-electron chi connectivity index (χ3n) is 9.33. The average molecular weight is 471 g/mol. The molecule has 0 aromatic heterocycles. The summed E-state index contributed by atoms with van der Waals surface area (Å²) in [6.45, 7) is 4.84. The highest BCUT2D eigenvalue weighted by Gasteiger charge is 2.78. The smallest absolute Gasteiger partial charge is 0.303 e. The van der Waals surface area contributed by atoms with Gasteiger partial charge in [-0.1, -0.05) is 19.4 Å². The number of alkyl halides is 2. The van der Waals surface area contributed by atoms with Crippen LogP contribution in [0, 0.1) is 22.7 Å². The van der Waals surface area contributed by atoms with E-state index < -0.39 is 52.0 Å². The molecule has 6 nitrogen and oxygen atoms in total. The molecule has 0 aromatic carbocycles. The fraction of sp³-hybridized carbons (Fsp3) is 0.792. The molecule has 8 atom stereocenters. The number of carbonyl (C=O) groups is 3. The molecule has 3 fully saturated rings. The Bertz CT molecular complexity index is 890. The summed E-state index contributed by atoms with van der Waals surface area (Å²) < 4.78 is 28.7. The second kappa shape index (κ2) is 7.60. The van der Waals surface area contributed by atoms with Gasteiger partial charge in [-0.15, -0.1) is 11.6 Å². The summed E-state index contributed by atoms with van der Waals surface area (Å²) in [6.07, 6.45) is 1.20. The lowest BCUT2D eigenvalue weighted by molar-refractivity contribution is -0.236. The van der Waals surface area contributed by atoms with Gasteiger partial charge in [0, 0.05) is 37.2 Å². The van der Waals surface area contributed by atoms with Gasteiger partial charge in [0.15, 0.2) is 11.6 Å². The van der Waals surface area contributed by atoms with Crippen LogP contribution in [0.3, 0.4) is 0 Å². The van der Waals surface area contributed by atoms with Gasteiger partial charge >= 0.3 is 5.97 Å². The van der Waals surface area contributed by atoms with Gasteiger partial charge in [-0.3, -0.25) is 14.4 Å². The van der Waals surface area contributed by atoms with Crippen LogP contribution >= 0.6 is 11.6 Å². The maximum Gasteiger partial charge on any atom is 0.303 e. The maximum absolute atomic E-state index is 17.2. The average Bonchev–Trinajstić information content (AvgIpc) is 2.97. The van der Waals surface area contributed by atoms with Gasteiger partial charge < -0.3 is 14.6 Å². The predicted molar refractivity (Wildman–Crippen MR) is 115 cm³/mol. The van der Waals surface area contributed by atoms with Gasteiger partial charge in [0.2, 0.25) is 5.60 Å². The molecular formula is C24H32ClFO6. The van der Waals surface area contributed by atoms with E-state index >= 15 is 4.39 Å². The number of fused-ring (bicyclic) bond motifs is 5. The second-order valence-corrected chi connectivity index (χ2v) is 10.7. The van der Waals surface area contributed by atoms with E-state index in [0.29, 0.717) is 25.7 Å². The van der Waals surface area contributed by atoms with Crippen LogP contribution in [0.5, 0.6) is 0 Å². The number of esters is 1. The van der Waals surface area contributed by atoms with Crippen molar-refractivity contribution in [1.82, 2.24) is 0 Å². The van der Waals surface area contributed by atoms with E-state index in [9.17, 15) is 19.5 Å². The molecule has 0 radical (unpaired) electrons. The predicted octanol–water partition coefficient (Wildman–Crippen LogP) is 3.32. The first-order chi connectivity index (χ1) is 14.9. The first kappa shape index (κ1) is 23.8. The third kappa shape index (κ3) is 2.73. The van der Waals surface area contributed by atoms with Crippen molar-refractivity contribution >= 4 is 29.1 Å². The van der Waals surface area contributed by atoms with Gasteiger partial charge in [0.05, 0.1) is 12.0 Å². The van der Waals surface area contributed by atoms with Crippen LogP contribution in [0.1, 0.15) is 59.3 Å². The molecule has 4 aliphatic rings. The highest BCUT2D eigenvalue weighted by Crippen LogP contribution is 2.71. The van der Waals surface area contributed by atoms with Crippen molar-refractivity contribution in [2.45, 2.75) is 82.8 Å². The van der Waals surface area contributed by atoms with E-state index in [2.05, 4.69) is 0 Å². The Morgan fingerprint density at radius 1 is 1.28 bits per heavy atom. The standard InChI is InChI=1S/C24H32ClFO6/c1-13(27)32-24(19(30)12-25)20(31-4)10-17-16-6-5-14-9-15(28)7-8-21(14,2)23(16,26)18(29)11-22(17,24)3/h9,16-18,20,29H,5-8,10-12H2,1-4H3/t16-,17-,18-,20+,21-,22-,23-,24+/m0/s1. The summed E-state index contributed by atoms with van der Waals surface area (Å²) in [7, 11) is 1.44. The molecule has 0 saturated heterocycles. The molecule has 0 amide bonds. The minimum Gasteiger partial charge on any atom is -0.448 e. The van der Waals surface area contributed by atoms with Crippen molar-refractivity contribution in [2.75, 3.05) is 13.0 Å². The highest BCUT2D eigenvalue weighted by atomic mass is 35.5. The molecule has 0 heterocycles. The van der Waals surface area contributed by atoms with Crippen LogP contribution in [-0.4, -0.2) is 59.1 Å². The minimum absolute atomic E-state index is 0.00318. The lowest BCUT2D eigenvalue weighted by atomic mass is 9.44. The monoisotopic (exact) mass is 470 g/mol. The Balaban J connectivity index is 1.87. The van der Waals surface area contributed by atoms with Crippen molar-refractivity contribution < 1.29 is 33.4 Å². The van der Waals surface area contributed by atoms with Crippen LogP contribution in [0.2, 0.25) is 0 Å². The summed E-state index contributed by atoms with van der Waals surface area (Å²) in [6, 6.07) is 0. The molecule has 8 heteroatoms. The zero-order valence-electron chi connectivity index (χ0n) is 19.1. The number of Topliss-reactive ketones (excluding diaryl/α,β-unsaturated/α-hetero) is 1. The largest absolute Gasteiger partial charge is 0.448 e. The number of hydrogen-bond acceptors (Lipinski definition) is 6. The highest BCUT2D eigenvalue weighted by molar-refractivity contribution is 6.29. The van der Waals surface area contributed by atoms with Crippen LogP contribution in [0.4, 0.5) is 4.39 Å². The number of methoxy groups -OCH3 is 1. The topological polar surface area (TPSA) is 89.9 Å². The van der Waals surface area contributed by atoms with Crippen LogP contribution in [0.25, 0.3) is 0 Å². The number of halogens is 2. The minimum atomic E-state index is -1.96. The molecule has 0 aromatic rings. The molecular weight excluding hydrogens is 439 g/mol. The molecule has 0 unspecified atom stereocenters. The molecule has 3 saturated carbocycles. The summed E-state index contributed by atoms with van der Waals surface area (Å²) in [5.41, 5.74) is -4.90. The molecule has 4 aliphatic carbocycles. The lowest BCUT2D eigenvalue weighted by Crippen LogP contribution is -2.70. The quantitative estimate of drug-likeness (QED) is 0.500. The fourth-order valence-corrected chi connectivity index (χ4v) is 8.07. The van der Waals surface area contributed by atoms with Gasteiger partial charge in [-0.25, -0.2) is 4.39 Å². The van der Waals surface area contributed by atoms with Gasteiger partial charge in [-0.2, -0.15) is 0 Å². The van der Waals surface area contributed by atoms with E-state index in [0.717, 1.165) is 5.57 Å².